The predicted molar refractivity (Wildman–Crippen MR) is 112 cm³/mol. The minimum atomic E-state index is -0.511. The summed E-state index contributed by atoms with van der Waals surface area (Å²) < 4.78 is 11.0. The van der Waals surface area contributed by atoms with Gasteiger partial charge >= 0.3 is 0 Å². The van der Waals surface area contributed by atoms with Gasteiger partial charge in [-0.25, -0.2) is 4.90 Å². The van der Waals surface area contributed by atoms with Gasteiger partial charge in [0.25, 0.3) is 16.8 Å². The molecule has 0 bridgehead atoms. The van der Waals surface area contributed by atoms with Crippen molar-refractivity contribution >= 4 is 40.4 Å². The Morgan fingerprint density at radius 2 is 1.87 bits per heavy atom. The Balaban J connectivity index is 1.62. The van der Waals surface area contributed by atoms with E-state index in [-0.39, 0.29) is 21.6 Å². The Bertz CT molecular complexity index is 1190. The summed E-state index contributed by atoms with van der Waals surface area (Å²) in [5.74, 6) is 0.635. The summed E-state index contributed by atoms with van der Waals surface area (Å²) in [4.78, 5) is 36.8. The summed E-state index contributed by atoms with van der Waals surface area (Å²) in [5, 5.41) is 10.6. The molecule has 4 rings (SSSR count). The number of nitrogens with zero attached hydrogens (tertiary/aromatic N) is 2. The van der Waals surface area contributed by atoms with Crippen molar-refractivity contribution in [2.24, 2.45) is 0 Å². The number of benzene rings is 2. The molecule has 150 valence electrons. The van der Waals surface area contributed by atoms with Crippen LogP contribution in [0.5, 0.6) is 5.75 Å². The summed E-state index contributed by atoms with van der Waals surface area (Å²) in [6.45, 7) is 0. The molecule has 0 atom stereocenters. The van der Waals surface area contributed by atoms with Crippen molar-refractivity contribution < 1.29 is 23.7 Å². The summed E-state index contributed by atoms with van der Waals surface area (Å²) in [7, 11) is 1.41. The first-order valence-electron chi connectivity index (χ1n) is 8.73. The first-order chi connectivity index (χ1) is 14.5. The Morgan fingerprint density at radius 3 is 2.57 bits per heavy atom. The van der Waals surface area contributed by atoms with Crippen molar-refractivity contribution in [2.75, 3.05) is 12.0 Å². The van der Waals surface area contributed by atoms with Crippen molar-refractivity contribution in [1.82, 2.24) is 0 Å². The van der Waals surface area contributed by atoms with Gasteiger partial charge in [-0.05, 0) is 42.1 Å². The maximum atomic E-state index is 12.7. The summed E-state index contributed by atoms with van der Waals surface area (Å²) in [6.07, 6.45) is 1.50. The molecule has 3 aromatic rings. The molecule has 1 fully saturated rings. The Morgan fingerprint density at radius 1 is 1.10 bits per heavy atom. The third-order valence-corrected chi connectivity index (χ3v) is 5.24. The summed E-state index contributed by atoms with van der Waals surface area (Å²) in [6, 6.07) is 16.2. The Labute approximate surface area is 174 Å². The lowest BCUT2D eigenvalue weighted by Gasteiger charge is -2.11. The van der Waals surface area contributed by atoms with Crippen LogP contribution in [0.2, 0.25) is 0 Å². The number of anilines is 1. The van der Waals surface area contributed by atoms with E-state index in [0.29, 0.717) is 22.8 Å². The summed E-state index contributed by atoms with van der Waals surface area (Å²) in [5.41, 5.74) is 0.927. The van der Waals surface area contributed by atoms with Crippen LogP contribution >= 0.6 is 11.8 Å². The van der Waals surface area contributed by atoms with E-state index in [2.05, 4.69) is 0 Å². The highest BCUT2D eigenvalue weighted by atomic mass is 32.2. The zero-order chi connectivity index (χ0) is 21.3. The second-order valence-electron chi connectivity index (χ2n) is 6.20. The van der Waals surface area contributed by atoms with Gasteiger partial charge in [0.2, 0.25) is 0 Å². The second-order valence-corrected chi connectivity index (χ2v) is 7.19. The van der Waals surface area contributed by atoms with Gasteiger partial charge < -0.3 is 9.15 Å². The number of hydrogen-bond acceptors (Lipinski definition) is 7. The number of para-hydroxylation sites is 1. The number of nitro groups is 1. The number of carbonyl (C=O) groups is 2. The second kappa shape index (κ2) is 7.88. The maximum Gasteiger partial charge on any atom is 0.298 e. The quantitative estimate of drug-likeness (QED) is 0.320. The van der Waals surface area contributed by atoms with Crippen molar-refractivity contribution in [3.63, 3.8) is 0 Å². The molecule has 1 aromatic heterocycles. The van der Waals surface area contributed by atoms with E-state index in [1.54, 1.807) is 42.5 Å². The molecule has 0 saturated carbocycles. The molecular weight excluding hydrogens is 408 g/mol. The molecule has 0 aliphatic carbocycles. The van der Waals surface area contributed by atoms with Crippen LogP contribution in [0.25, 0.3) is 17.4 Å². The Kier molecular flexibility index (Phi) is 5.11. The molecule has 9 heteroatoms. The molecule has 8 nitrogen and oxygen atoms in total. The number of amides is 2. The molecule has 1 aliphatic heterocycles. The fraction of sp³-hybridized carbons (Fsp3) is 0.0476. The van der Waals surface area contributed by atoms with E-state index in [0.717, 1.165) is 16.7 Å². The lowest BCUT2D eigenvalue weighted by atomic mass is 10.1. The normalized spacial score (nSPS) is 15.1. The molecular formula is C21H14N2O6S. The third-order valence-electron chi connectivity index (χ3n) is 4.37. The highest BCUT2D eigenvalue weighted by Crippen LogP contribution is 2.38. The zero-order valence-corrected chi connectivity index (χ0v) is 16.4. The number of imide groups is 1. The average molecular weight is 422 g/mol. The molecule has 2 aromatic carbocycles. The van der Waals surface area contributed by atoms with Crippen LogP contribution in [-0.2, 0) is 4.79 Å². The first-order valence-corrected chi connectivity index (χ1v) is 9.55. The number of hydrogen-bond donors (Lipinski definition) is 0. The van der Waals surface area contributed by atoms with Crippen LogP contribution in [-0.4, -0.2) is 23.2 Å². The van der Waals surface area contributed by atoms with E-state index < -0.39 is 10.8 Å². The number of nitro benzene ring substituents is 1. The molecule has 2 heterocycles. The van der Waals surface area contributed by atoms with Crippen LogP contribution in [0.4, 0.5) is 16.2 Å². The van der Waals surface area contributed by atoms with Crippen LogP contribution in [0.3, 0.4) is 0 Å². The number of thioether (sulfide) groups is 1. The predicted octanol–water partition coefficient (Wildman–Crippen LogP) is 5.10. The number of rotatable bonds is 5. The standard InChI is InChI=1S/C21H14N2O6S/c1-28-18-11-14(23(26)27)7-9-16(18)17-10-8-15(29-17)12-19-20(24)22(21(25)30-19)13-5-3-2-4-6-13/h2-12H,1H3/b19-12+. The number of ether oxygens (including phenoxy) is 1. The minimum Gasteiger partial charge on any atom is -0.496 e. The van der Waals surface area contributed by atoms with Crippen molar-refractivity contribution in [3.8, 4) is 17.1 Å². The molecule has 2 amide bonds. The topological polar surface area (TPSA) is 103 Å². The van der Waals surface area contributed by atoms with E-state index in [9.17, 15) is 19.7 Å². The van der Waals surface area contributed by atoms with E-state index in [1.807, 2.05) is 0 Å². The Hall–Kier alpha value is -3.85. The van der Waals surface area contributed by atoms with Crippen LogP contribution in [0.15, 0.2) is 70.0 Å². The third kappa shape index (κ3) is 3.58. The number of methoxy groups -OCH3 is 1. The van der Waals surface area contributed by atoms with Gasteiger partial charge in [-0.2, -0.15) is 0 Å². The molecule has 0 N–H and O–H groups in total. The molecule has 0 radical (unpaired) electrons. The highest BCUT2D eigenvalue weighted by molar-refractivity contribution is 8.19. The molecule has 1 saturated heterocycles. The monoisotopic (exact) mass is 422 g/mol. The number of carbonyl (C=O) groups excluding carboxylic acids is 2. The first kappa shape index (κ1) is 19.5. The van der Waals surface area contributed by atoms with Gasteiger partial charge in [-0.1, -0.05) is 18.2 Å². The van der Waals surface area contributed by atoms with Crippen molar-refractivity contribution in [1.29, 1.82) is 0 Å². The SMILES string of the molecule is COc1cc([N+](=O)[O-])ccc1-c1ccc(/C=C2/SC(=O)N(c3ccccc3)C2=O)o1. The van der Waals surface area contributed by atoms with Gasteiger partial charge in [0.15, 0.2) is 0 Å². The molecule has 0 spiro atoms. The molecule has 30 heavy (non-hydrogen) atoms. The number of non-ortho nitro benzene ring substituents is 1. The van der Waals surface area contributed by atoms with Gasteiger partial charge in [-0.15, -0.1) is 0 Å². The zero-order valence-electron chi connectivity index (χ0n) is 15.6. The maximum absolute atomic E-state index is 12.7. The van der Waals surface area contributed by atoms with Gasteiger partial charge in [0, 0.05) is 12.1 Å². The fourth-order valence-electron chi connectivity index (χ4n) is 2.97. The van der Waals surface area contributed by atoms with Crippen molar-refractivity contribution in [3.05, 3.63) is 81.4 Å². The summed E-state index contributed by atoms with van der Waals surface area (Å²) >= 11 is 0.828. The largest absolute Gasteiger partial charge is 0.496 e. The van der Waals surface area contributed by atoms with Crippen LogP contribution in [0.1, 0.15) is 5.76 Å². The van der Waals surface area contributed by atoms with E-state index in [4.69, 9.17) is 9.15 Å². The molecule has 1 aliphatic rings. The van der Waals surface area contributed by atoms with Gasteiger partial charge in [0.1, 0.15) is 17.3 Å². The minimum absolute atomic E-state index is 0.100. The molecule has 0 unspecified atom stereocenters. The smallest absolute Gasteiger partial charge is 0.298 e. The van der Waals surface area contributed by atoms with Crippen LogP contribution in [0, 0.1) is 10.1 Å². The van der Waals surface area contributed by atoms with Crippen molar-refractivity contribution in [2.45, 2.75) is 0 Å². The van der Waals surface area contributed by atoms with Gasteiger partial charge in [-0.3, -0.25) is 19.7 Å². The fourth-order valence-corrected chi connectivity index (χ4v) is 3.79. The van der Waals surface area contributed by atoms with E-state index >= 15 is 0 Å². The lowest BCUT2D eigenvalue weighted by Crippen LogP contribution is -2.27. The average Bonchev–Trinajstić information content (AvgIpc) is 3.32. The lowest BCUT2D eigenvalue weighted by molar-refractivity contribution is -0.384. The van der Waals surface area contributed by atoms with Gasteiger partial charge in [0.05, 0.1) is 34.3 Å². The highest BCUT2D eigenvalue weighted by Gasteiger charge is 2.36. The number of furan rings is 1. The van der Waals surface area contributed by atoms with E-state index in [1.165, 1.54) is 31.4 Å². The van der Waals surface area contributed by atoms with Crippen LogP contribution < -0.4 is 9.64 Å².